The third-order valence-corrected chi connectivity index (χ3v) is 3.72. The van der Waals surface area contributed by atoms with Crippen LogP contribution >= 0.6 is 0 Å². The van der Waals surface area contributed by atoms with Crippen molar-refractivity contribution in [3.05, 3.63) is 58.9 Å². The van der Waals surface area contributed by atoms with Gasteiger partial charge in [-0.3, -0.25) is 4.79 Å². The number of amides is 1. The maximum atomic E-state index is 13.0. The summed E-state index contributed by atoms with van der Waals surface area (Å²) in [5.41, 5.74) is 2.16. The predicted octanol–water partition coefficient (Wildman–Crippen LogP) is 2.82. The molecule has 2 heterocycles. The minimum absolute atomic E-state index is 0.00803. The van der Waals surface area contributed by atoms with E-state index < -0.39 is 0 Å². The van der Waals surface area contributed by atoms with Crippen LogP contribution in [0.2, 0.25) is 0 Å². The summed E-state index contributed by atoms with van der Waals surface area (Å²) >= 11 is 0. The van der Waals surface area contributed by atoms with Gasteiger partial charge in [-0.25, -0.2) is 14.4 Å². The van der Waals surface area contributed by atoms with Crippen LogP contribution in [0.1, 0.15) is 40.0 Å². The van der Waals surface area contributed by atoms with E-state index in [4.69, 9.17) is 0 Å². The summed E-state index contributed by atoms with van der Waals surface area (Å²) in [6.07, 6.45) is 0.889. The standard InChI is InChI=1S/C16H16FN3O/c1-10-9-14(19-11(2)18-10)16(21)20-8-7-15(20)12-3-5-13(17)6-4-12/h3-6,9,15H,7-8H2,1-2H3. The Balaban J connectivity index is 1.83. The first-order valence-electron chi connectivity index (χ1n) is 6.93. The Hall–Kier alpha value is -2.30. The Labute approximate surface area is 122 Å². The molecule has 3 rings (SSSR count). The third-order valence-electron chi connectivity index (χ3n) is 3.72. The molecule has 1 aliphatic heterocycles. The highest BCUT2D eigenvalue weighted by molar-refractivity contribution is 5.93. The predicted molar refractivity (Wildman–Crippen MR) is 76.3 cm³/mol. The van der Waals surface area contributed by atoms with Gasteiger partial charge in [0.1, 0.15) is 17.3 Å². The van der Waals surface area contributed by atoms with E-state index in [1.165, 1.54) is 12.1 Å². The van der Waals surface area contributed by atoms with Crippen LogP contribution in [0.5, 0.6) is 0 Å². The molecule has 1 aromatic heterocycles. The van der Waals surface area contributed by atoms with Crippen molar-refractivity contribution in [2.75, 3.05) is 6.54 Å². The van der Waals surface area contributed by atoms with Gasteiger partial charge in [-0.05, 0) is 44.0 Å². The summed E-state index contributed by atoms with van der Waals surface area (Å²) in [5.74, 6) is 0.236. The number of rotatable bonds is 2. The smallest absolute Gasteiger partial charge is 0.273 e. The van der Waals surface area contributed by atoms with Gasteiger partial charge in [0.2, 0.25) is 0 Å². The highest BCUT2D eigenvalue weighted by Crippen LogP contribution is 2.34. The van der Waals surface area contributed by atoms with Gasteiger partial charge in [-0.15, -0.1) is 0 Å². The topological polar surface area (TPSA) is 46.1 Å². The zero-order chi connectivity index (χ0) is 15.0. The highest BCUT2D eigenvalue weighted by Gasteiger charge is 2.34. The molecule has 4 nitrogen and oxygen atoms in total. The summed E-state index contributed by atoms with van der Waals surface area (Å²) in [5, 5.41) is 0. The number of nitrogens with zero attached hydrogens (tertiary/aromatic N) is 3. The molecule has 0 saturated carbocycles. The Kier molecular flexibility index (Phi) is 3.41. The summed E-state index contributed by atoms with van der Waals surface area (Å²) in [6.45, 7) is 4.32. The van der Waals surface area contributed by atoms with Gasteiger partial charge in [0.15, 0.2) is 0 Å². The number of hydrogen-bond donors (Lipinski definition) is 0. The van der Waals surface area contributed by atoms with Crippen molar-refractivity contribution in [3.8, 4) is 0 Å². The van der Waals surface area contributed by atoms with Crippen molar-refractivity contribution in [1.82, 2.24) is 14.9 Å². The average molecular weight is 285 g/mol. The number of aromatic nitrogens is 2. The monoisotopic (exact) mass is 285 g/mol. The second kappa shape index (κ2) is 5.24. The van der Waals surface area contributed by atoms with Crippen molar-refractivity contribution < 1.29 is 9.18 Å². The van der Waals surface area contributed by atoms with Crippen molar-refractivity contribution in [1.29, 1.82) is 0 Å². The molecular weight excluding hydrogens is 269 g/mol. The van der Waals surface area contributed by atoms with E-state index in [1.807, 2.05) is 6.92 Å². The molecule has 0 spiro atoms. The lowest BCUT2D eigenvalue weighted by atomic mass is 9.94. The van der Waals surface area contributed by atoms with Crippen molar-refractivity contribution in [3.63, 3.8) is 0 Å². The SMILES string of the molecule is Cc1cc(C(=O)N2CCC2c2ccc(F)cc2)nc(C)n1. The normalized spacial score (nSPS) is 17.5. The fourth-order valence-electron chi connectivity index (χ4n) is 2.64. The van der Waals surface area contributed by atoms with Crippen molar-refractivity contribution >= 4 is 5.91 Å². The lowest BCUT2D eigenvalue weighted by molar-refractivity contribution is 0.0453. The average Bonchev–Trinajstić information content (AvgIpc) is 2.39. The summed E-state index contributed by atoms with van der Waals surface area (Å²) in [6, 6.07) is 8.03. The molecule has 1 fully saturated rings. The van der Waals surface area contributed by atoms with E-state index >= 15 is 0 Å². The molecule has 0 aliphatic carbocycles. The molecule has 2 aromatic rings. The molecule has 1 atom stereocenters. The van der Waals surface area contributed by atoms with Crippen molar-refractivity contribution in [2.45, 2.75) is 26.3 Å². The number of benzene rings is 1. The summed E-state index contributed by atoms with van der Waals surface area (Å²) in [4.78, 5) is 22.7. The lowest BCUT2D eigenvalue weighted by Gasteiger charge is -2.41. The first-order chi connectivity index (χ1) is 10.0. The maximum Gasteiger partial charge on any atom is 0.273 e. The van der Waals surface area contributed by atoms with E-state index in [1.54, 1.807) is 30.0 Å². The van der Waals surface area contributed by atoms with Gasteiger partial charge in [0.05, 0.1) is 6.04 Å². The van der Waals surface area contributed by atoms with Gasteiger partial charge in [-0.2, -0.15) is 0 Å². The molecule has 108 valence electrons. The number of carbonyl (C=O) groups is 1. The van der Waals surface area contributed by atoms with E-state index in [2.05, 4.69) is 9.97 Å². The zero-order valence-electron chi connectivity index (χ0n) is 12.0. The molecule has 0 radical (unpaired) electrons. The second-order valence-electron chi connectivity index (χ2n) is 5.30. The largest absolute Gasteiger partial charge is 0.330 e. The van der Waals surface area contributed by atoms with Crippen LogP contribution in [0.4, 0.5) is 4.39 Å². The number of carbonyl (C=O) groups excluding carboxylic acids is 1. The highest BCUT2D eigenvalue weighted by atomic mass is 19.1. The fraction of sp³-hybridized carbons (Fsp3) is 0.312. The van der Waals surface area contributed by atoms with Crippen LogP contribution in [0.15, 0.2) is 30.3 Å². The molecule has 5 heteroatoms. The molecule has 1 unspecified atom stereocenters. The fourth-order valence-corrected chi connectivity index (χ4v) is 2.64. The molecule has 1 saturated heterocycles. The second-order valence-corrected chi connectivity index (χ2v) is 5.30. The quantitative estimate of drug-likeness (QED) is 0.852. The van der Waals surface area contributed by atoms with Gasteiger partial charge in [0.25, 0.3) is 5.91 Å². The first-order valence-corrected chi connectivity index (χ1v) is 6.93. The van der Waals surface area contributed by atoms with Gasteiger partial charge < -0.3 is 4.90 Å². The Morgan fingerprint density at radius 2 is 1.95 bits per heavy atom. The molecule has 0 N–H and O–H groups in total. The lowest BCUT2D eigenvalue weighted by Crippen LogP contribution is -2.45. The van der Waals surface area contributed by atoms with Crippen LogP contribution < -0.4 is 0 Å². The van der Waals surface area contributed by atoms with E-state index in [0.29, 0.717) is 18.1 Å². The number of aryl methyl sites for hydroxylation is 2. The summed E-state index contributed by atoms with van der Waals surface area (Å²) < 4.78 is 13.0. The Bertz CT molecular complexity index is 664. The number of halogens is 1. The zero-order valence-corrected chi connectivity index (χ0v) is 12.0. The van der Waals surface area contributed by atoms with E-state index in [0.717, 1.165) is 17.7 Å². The number of hydrogen-bond acceptors (Lipinski definition) is 3. The van der Waals surface area contributed by atoms with Gasteiger partial charge in [-0.1, -0.05) is 12.1 Å². The Morgan fingerprint density at radius 3 is 2.52 bits per heavy atom. The van der Waals surface area contributed by atoms with Crippen LogP contribution in [0.3, 0.4) is 0 Å². The van der Waals surface area contributed by atoms with Crippen LogP contribution in [-0.2, 0) is 0 Å². The minimum atomic E-state index is -0.266. The minimum Gasteiger partial charge on any atom is -0.330 e. The summed E-state index contributed by atoms with van der Waals surface area (Å²) in [7, 11) is 0. The molecular formula is C16H16FN3O. The van der Waals surface area contributed by atoms with Gasteiger partial charge in [0, 0.05) is 12.2 Å². The first kappa shape index (κ1) is 13.7. The molecule has 1 amide bonds. The van der Waals surface area contributed by atoms with Crippen LogP contribution in [-0.4, -0.2) is 27.3 Å². The van der Waals surface area contributed by atoms with Gasteiger partial charge >= 0.3 is 0 Å². The molecule has 1 aliphatic rings. The maximum absolute atomic E-state index is 13.0. The van der Waals surface area contributed by atoms with Crippen LogP contribution in [0, 0.1) is 19.7 Å². The number of likely N-dealkylation sites (tertiary alicyclic amines) is 1. The molecule has 21 heavy (non-hydrogen) atoms. The Morgan fingerprint density at radius 1 is 1.24 bits per heavy atom. The van der Waals surface area contributed by atoms with Crippen LogP contribution in [0.25, 0.3) is 0 Å². The third kappa shape index (κ3) is 2.63. The van der Waals surface area contributed by atoms with Crippen molar-refractivity contribution in [2.24, 2.45) is 0 Å². The molecule has 1 aromatic carbocycles. The van der Waals surface area contributed by atoms with E-state index in [9.17, 15) is 9.18 Å². The molecule has 0 bridgehead atoms. The van der Waals surface area contributed by atoms with E-state index in [-0.39, 0.29) is 17.8 Å².